The van der Waals surface area contributed by atoms with E-state index in [-0.39, 0.29) is 11.9 Å². The normalized spacial score (nSPS) is 17.6. The molecule has 4 aromatic heterocycles. The topological polar surface area (TPSA) is 110 Å². The van der Waals surface area contributed by atoms with E-state index in [1.54, 1.807) is 16.1 Å². The lowest BCUT2D eigenvalue weighted by Crippen LogP contribution is -2.43. The fourth-order valence-electron chi connectivity index (χ4n) is 4.08. The number of pyridine rings is 1. The van der Waals surface area contributed by atoms with Gasteiger partial charge in [0.1, 0.15) is 11.3 Å². The van der Waals surface area contributed by atoms with Crippen LogP contribution in [0.4, 0.5) is 5.69 Å². The fraction of sp³-hybridized carbons (Fsp3) is 0.208. The Bertz CT molecular complexity index is 1500. The van der Waals surface area contributed by atoms with Gasteiger partial charge in [-0.3, -0.25) is 9.20 Å². The van der Waals surface area contributed by atoms with Gasteiger partial charge in [-0.25, -0.2) is 9.97 Å². The molecule has 1 aliphatic heterocycles. The minimum atomic E-state index is -0.254. The molecular formula is C24H21N7O2S. The lowest BCUT2D eigenvalue weighted by Gasteiger charge is -2.31. The number of carbonyl (C=O) groups is 1. The Balaban J connectivity index is 1.25. The third-order valence-corrected chi connectivity index (χ3v) is 6.62. The Hall–Kier alpha value is -3.89. The van der Waals surface area contributed by atoms with E-state index in [0.29, 0.717) is 34.8 Å². The summed E-state index contributed by atoms with van der Waals surface area (Å²) < 4.78 is 7.21. The van der Waals surface area contributed by atoms with Crippen molar-refractivity contribution in [2.45, 2.75) is 32.4 Å². The number of aryl methyl sites for hydroxylation is 1. The fourth-order valence-corrected chi connectivity index (χ4v) is 4.64. The van der Waals surface area contributed by atoms with E-state index >= 15 is 0 Å². The Morgan fingerprint density at radius 2 is 2.12 bits per heavy atom. The van der Waals surface area contributed by atoms with E-state index in [9.17, 15) is 4.79 Å². The lowest BCUT2D eigenvalue weighted by atomic mass is 9.99. The largest absolute Gasteiger partial charge is 0.337 e. The van der Waals surface area contributed by atoms with Gasteiger partial charge in [-0.1, -0.05) is 17.3 Å². The van der Waals surface area contributed by atoms with E-state index in [0.717, 1.165) is 28.8 Å². The van der Waals surface area contributed by atoms with Gasteiger partial charge in [-0.2, -0.15) is 4.98 Å². The first-order valence-electron chi connectivity index (χ1n) is 10.9. The molecule has 6 rings (SSSR count). The molecule has 1 fully saturated rings. The van der Waals surface area contributed by atoms with Gasteiger partial charge in [-0.05, 0) is 44.0 Å². The zero-order chi connectivity index (χ0) is 23.2. The van der Waals surface area contributed by atoms with Crippen LogP contribution in [-0.4, -0.2) is 36.5 Å². The van der Waals surface area contributed by atoms with Crippen molar-refractivity contribution in [1.29, 1.82) is 0 Å². The van der Waals surface area contributed by atoms with Gasteiger partial charge in [-0.15, -0.1) is 11.3 Å². The third kappa shape index (κ3) is 3.66. The summed E-state index contributed by atoms with van der Waals surface area (Å²) in [6.45, 7) is 4.06. The molecule has 2 atom stereocenters. The first-order valence-corrected chi connectivity index (χ1v) is 11.9. The maximum atomic E-state index is 13.1. The lowest BCUT2D eigenvalue weighted by molar-refractivity contribution is 0.102. The first kappa shape index (κ1) is 20.7. The zero-order valence-corrected chi connectivity index (χ0v) is 19.3. The second-order valence-electron chi connectivity index (χ2n) is 8.46. The minimum absolute atomic E-state index is 0.104. The predicted octanol–water partition coefficient (Wildman–Crippen LogP) is 4.49. The van der Waals surface area contributed by atoms with E-state index in [2.05, 4.69) is 37.7 Å². The molecule has 0 spiro atoms. The Labute approximate surface area is 198 Å². The molecule has 34 heavy (non-hydrogen) atoms. The van der Waals surface area contributed by atoms with Crippen LogP contribution in [0.1, 0.15) is 41.3 Å². The van der Waals surface area contributed by atoms with Gasteiger partial charge in [0, 0.05) is 34.4 Å². The highest BCUT2D eigenvalue weighted by Crippen LogP contribution is 2.29. The van der Waals surface area contributed by atoms with Crippen molar-refractivity contribution in [3.05, 3.63) is 70.8 Å². The number of thiazole rings is 1. The second kappa shape index (κ2) is 8.15. The molecule has 9 nitrogen and oxygen atoms in total. The molecule has 0 unspecified atom stereocenters. The summed E-state index contributed by atoms with van der Waals surface area (Å²) in [7, 11) is 0. The van der Waals surface area contributed by atoms with Crippen molar-refractivity contribution in [2.75, 3.05) is 5.32 Å². The summed E-state index contributed by atoms with van der Waals surface area (Å²) in [4.78, 5) is 26.4. The molecule has 170 valence electrons. The van der Waals surface area contributed by atoms with Crippen LogP contribution in [0.5, 0.6) is 0 Å². The summed E-state index contributed by atoms with van der Waals surface area (Å²) in [6.07, 6.45) is 4.39. The highest BCUT2D eigenvalue weighted by Gasteiger charge is 2.30. The van der Waals surface area contributed by atoms with Crippen LogP contribution in [0.15, 0.2) is 58.1 Å². The van der Waals surface area contributed by atoms with Gasteiger partial charge in [0.15, 0.2) is 0 Å². The summed E-state index contributed by atoms with van der Waals surface area (Å²) >= 11 is 1.54. The van der Waals surface area contributed by atoms with Crippen LogP contribution in [0, 0.1) is 6.92 Å². The maximum absolute atomic E-state index is 13.1. The van der Waals surface area contributed by atoms with Gasteiger partial charge >= 0.3 is 0 Å². The molecule has 1 saturated heterocycles. The SMILES string of the molecule is Cc1ccc(-c2noc([C@H]3C[C@H](C)N3)n2)cc1NC(=O)c1cnc2cc(-c3cscn3)ccn12. The monoisotopic (exact) mass is 471 g/mol. The average molecular weight is 472 g/mol. The number of hydrogen-bond donors (Lipinski definition) is 2. The molecule has 2 N–H and O–H groups in total. The number of aromatic nitrogens is 5. The Kier molecular flexibility index (Phi) is 4.96. The quantitative estimate of drug-likeness (QED) is 0.388. The number of nitrogens with one attached hydrogen (secondary N) is 2. The minimum Gasteiger partial charge on any atom is -0.337 e. The number of benzene rings is 1. The molecule has 1 aliphatic rings. The van der Waals surface area contributed by atoms with Crippen LogP contribution in [0.25, 0.3) is 28.3 Å². The highest BCUT2D eigenvalue weighted by atomic mass is 32.1. The van der Waals surface area contributed by atoms with Crippen molar-refractivity contribution in [3.8, 4) is 22.6 Å². The van der Waals surface area contributed by atoms with Crippen LogP contribution in [-0.2, 0) is 0 Å². The molecule has 10 heteroatoms. The van der Waals surface area contributed by atoms with Crippen LogP contribution >= 0.6 is 11.3 Å². The predicted molar refractivity (Wildman–Crippen MR) is 129 cm³/mol. The second-order valence-corrected chi connectivity index (χ2v) is 9.18. The van der Waals surface area contributed by atoms with E-state index in [1.165, 1.54) is 11.3 Å². The summed E-state index contributed by atoms with van der Waals surface area (Å²) in [5, 5.41) is 12.5. The van der Waals surface area contributed by atoms with Gasteiger partial charge in [0.2, 0.25) is 11.7 Å². The molecule has 5 heterocycles. The van der Waals surface area contributed by atoms with E-state index in [1.807, 2.05) is 48.8 Å². The number of hydrogen-bond acceptors (Lipinski definition) is 8. The smallest absolute Gasteiger partial charge is 0.274 e. The van der Waals surface area contributed by atoms with E-state index < -0.39 is 0 Å². The molecule has 0 radical (unpaired) electrons. The van der Waals surface area contributed by atoms with E-state index in [4.69, 9.17) is 4.52 Å². The summed E-state index contributed by atoms with van der Waals surface area (Å²) in [5.74, 6) is 0.828. The molecule has 1 amide bonds. The van der Waals surface area contributed by atoms with Crippen molar-refractivity contribution in [1.82, 2.24) is 29.8 Å². The number of amides is 1. The Morgan fingerprint density at radius 3 is 2.91 bits per heavy atom. The van der Waals surface area contributed by atoms with Crippen LogP contribution < -0.4 is 10.6 Å². The standard InChI is InChI=1S/C24H21N7O2S/c1-13-3-4-16(22-29-24(33-30-22)18-7-14(2)27-18)8-17(13)28-23(32)20-10-25-21-9-15(5-6-31(20)21)19-11-34-12-26-19/h3-6,8-12,14,18,27H,7H2,1-2H3,(H,28,32)/t14-,18+/m0/s1. The van der Waals surface area contributed by atoms with Crippen LogP contribution in [0.3, 0.4) is 0 Å². The molecular weight excluding hydrogens is 450 g/mol. The molecule has 0 saturated carbocycles. The van der Waals surface area contributed by atoms with Gasteiger partial charge in [0.05, 0.1) is 23.4 Å². The number of imidazole rings is 1. The number of fused-ring (bicyclic) bond motifs is 1. The van der Waals surface area contributed by atoms with Crippen molar-refractivity contribution in [3.63, 3.8) is 0 Å². The van der Waals surface area contributed by atoms with Gasteiger partial charge in [0.25, 0.3) is 5.91 Å². The molecule has 5 aromatic rings. The van der Waals surface area contributed by atoms with Crippen molar-refractivity contribution >= 4 is 28.6 Å². The zero-order valence-electron chi connectivity index (χ0n) is 18.5. The highest BCUT2D eigenvalue weighted by molar-refractivity contribution is 7.07. The number of anilines is 1. The molecule has 1 aromatic carbocycles. The summed E-state index contributed by atoms with van der Waals surface area (Å²) in [6, 6.07) is 10.1. The molecule has 0 aliphatic carbocycles. The molecule has 0 bridgehead atoms. The average Bonchev–Trinajstić information content (AvgIpc) is 3.58. The number of carbonyl (C=O) groups excluding carboxylic acids is 1. The summed E-state index contributed by atoms with van der Waals surface area (Å²) in [5.41, 5.74) is 7.14. The maximum Gasteiger partial charge on any atom is 0.274 e. The first-order chi connectivity index (χ1) is 16.5. The third-order valence-electron chi connectivity index (χ3n) is 6.03. The van der Waals surface area contributed by atoms with Crippen molar-refractivity contribution < 1.29 is 9.32 Å². The van der Waals surface area contributed by atoms with Crippen molar-refractivity contribution in [2.24, 2.45) is 0 Å². The van der Waals surface area contributed by atoms with Gasteiger partial charge < -0.3 is 15.2 Å². The van der Waals surface area contributed by atoms with Crippen LogP contribution in [0.2, 0.25) is 0 Å². The number of rotatable bonds is 5. The number of nitrogens with zero attached hydrogens (tertiary/aromatic N) is 5. The Morgan fingerprint density at radius 1 is 1.24 bits per heavy atom.